The van der Waals surface area contributed by atoms with Crippen LogP contribution in [0.25, 0.3) is 0 Å². The number of ether oxygens (including phenoxy) is 1. The van der Waals surface area contributed by atoms with Gasteiger partial charge in [-0.05, 0) is 25.2 Å². The smallest absolute Gasteiger partial charge is 0.330 e. The Kier molecular flexibility index (Phi) is 2.69. The first-order chi connectivity index (χ1) is 5.24. The number of hydrogen-bond donors (Lipinski definition) is 0. The second-order valence-corrected chi connectivity index (χ2v) is 3.04. The highest BCUT2D eigenvalue weighted by molar-refractivity contribution is 5.82. The Morgan fingerprint density at radius 1 is 1.73 bits per heavy atom. The summed E-state index contributed by atoms with van der Waals surface area (Å²) in [5, 5.41) is 0. The summed E-state index contributed by atoms with van der Waals surface area (Å²) in [6.45, 7) is 2.15. The van der Waals surface area contributed by atoms with Crippen molar-refractivity contribution in [2.45, 2.75) is 26.2 Å². The summed E-state index contributed by atoms with van der Waals surface area (Å²) in [5.41, 5.74) is 1.25. The van der Waals surface area contributed by atoms with Gasteiger partial charge in [0, 0.05) is 6.08 Å². The molecule has 11 heavy (non-hydrogen) atoms. The number of allylic oxidation sites excluding steroid dienone is 1. The minimum absolute atomic E-state index is 0.214. The van der Waals surface area contributed by atoms with Gasteiger partial charge in [0.2, 0.25) is 0 Å². The number of hydrogen-bond acceptors (Lipinski definition) is 2. The van der Waals surface area contributed by atoms with Crippen LogP contribution >= 0.6 is 0 Å². The maximum atomic E-state index is 10.8. The molecular weight excluding hydrogens is 140 g/mol. The lowest BCUT2D eigenvalue weighted by Crippen LogP contribution is -1.98. The van der Waals surface area contributed by atoms with Crippen LogP contribution in [-0.2, 0) is 9.53 Å². The largest absolute Gasteiger partial charge is 0.466 e. The predicted octanol–water partition coefficient (Wildman–Crippen LogP) is 1.91. The van der Waals surface area contributed by atoms with E-state index in [2.05, 4.69) is 11.7 Å². The summed E-state index contributed by atoms with van der Waals surface area (Å²) in [4.78, 5) is 10.8. The first-order valence-electron chi connectivity index (χ1n) is 4.02. The average Bonchev–Trinajstić information content (AvgIpc) is 2.37. The molecule has 0 aromatic heterocycles. The second-order valence-electron chi connectivity index (χ2n) is 3.04. The van der Waals surface area contributed by atoms with E-state index in [4.69, 9.17) is 0 Å². The van der Waals surface area contributed by atoms with Crippen LogP contribution in [0.2, 0.25) is 0 Å². The fourth-order valence-corrected chi connectivity index (χ4v) is 1.47. The quantitative estimate of drug-likeness (QED) is 0.426. The van der Waals surface area contributed by atoms with E-state index in [1.165, 1.54) is 25.5 Å². The van der Waals surface area contributed by atoms with Gasteiger partial charge in [-0.2, -0.15) is 0 Å². The van der Waals surface area contributed by atoms with E-state index >= 15 is 0 Å². The normalized spacial score (nSPS) is 27.5. The first-order valence-corrected chi connectivity index (χ1v) is 4.02. The lowest BCUT2D eigenvalue weighted by Gasteiger charge is -2.02. The lowest BCUT2D eigenvalue weighted by atomic mass is 10.1. The Bertz CT molecular complexity index is 182. The van der Waals surface area contributed by atoms with E-state index < -0.39 is 0 Å². The second kappa shape index (κ2) is 3.56. The molecule has 0 saturated heterocycles. The van der Waals surface area contributed by atoms with Crippen molar-refractivity contribution < 1.29 is 9.53 Å². The van der Waals surface area contributed by atoms with Crippen molar-refractivity contribution in [2.75, 3.05) is 7.11 Å². The Balaban J connectivity index is 2.57. The van der Waals surface area contributed by atoms with Crippen LogP contribution in [0.1, 0.15) is 26.2 Å². The molecule has 1 rings (SSSR count). The highest BCUT2D eigenvalue weighted by Gasteiger charge is 2.16. The van der Waals surface area contributed by atoms with E-state index in [1.807, 2.05) is 0 Å². The minimum Gasteiger partial charge on any atom is -0.466 e. The molecule has 1 unspecified atom stereocenters. The average molecular weight is 154 g/mol. The van der Waals surface area contributed by atoms with Crippen molar-refractivity contribution >= 4 is 5.97 Å². The molecule has 0 aromatic carbocycles. The van der Waals surface area contributed by atoms with Crippen LogP contribution in [0.5, 0.6) is 0 Å². The van der Waals surface area contributed by atoms with Gasteiger partial charge in [0.15, 0.2) is 0 Å². The molecule has 0 bridgehead atoms. The molecule has 1 fully saturated rings. The van der Waals surface area contributed by atoms with E-state index in [0.717, 1.165) is 6.42 Å². The monoisotopic (exact) mass is 154 g/mol. The molecule has 62 valence electrons. The van der Waals surface area contributed by atoms with Crippen LogP contribution < -0.4 is 0 Å². The molecule has 1 atom stereocenters. The number of rotatable bonds is 1. The van der Waals surface area contributed by atoms with Crippen molar-refractivity contribution in [2.24, 2.45) is 5.92 Å². The van der Waals surface area contributed by atoms with Crippen molar-refractivity contribution in [3.05, 3.63) is 11.6 Å². The van der Waals surface area contributed by atoms with Crippen LogP contribution in [-0.4, -0.2) is 13.1 Å². The van der Waals surface area contributed by atoms with Crippen LogP contribution in [0.4, 0.5) is 0 Å². The summed E-state index contributed by atoms with van der Waals surface area (Å²) in [6, 6.07) is 0. The van der Waals surface area contributed by atoms with Crippen molar-refractivity contribution in [3.8, 4) is 0 Å². The third-order valence-electron chi connectivity index (χ3n) is 2.24. The Morgan fingerprint density at radius 3 is 2.91 bits per heavy atom. The van der Waals surface area contributed by atoms with Gasteiger partial charge in [0.1, 0.15) is 0 Å². The third kappa shape index (κ3) is 2.07. The van der Waals surface area contributed by atoms with Crippen LogP contribution in [0.3, 0.4) is 0 Å². The summed E-state index contributed by atoms with van der Waals surface area (Å²) in [6.07, 6.45) is 5.13. The number of esters is 1. The molecule has 0 spiro atoms. The molecular formula is C9H14O2. The van der Waals surface area contributed by atoms with Gasteiger partial charge in [0.25, 0.3) is 0 Å². The van der Waals surface area contributed by atoms with Crippen LogP contribution in [0, 0.1) is 5.92 Å². The maximum Gasteiger partial charge on any atom is 0.330 e. The molecule has 1 saturated carbocycles. The van der Waals surface area contributed by atoms with Crippen molar-refractivity contribution in [3.63, 3.8) is 0 Å². The molecule has 0 aliphatic heterocycles. The molecule has 0 heterocycles. The van der Waals surface area contributed by atoms with Crippen LogP contribution in [0.15, 0.2) is 11.6 Å². The Morgan fingerprint density at radius 2 is 2.45 bits per heavy atom. The van der Waals surface area contributed by atoms with Gasteiger partial charge >= 0.3 is 5.97 Å². The van der Waals surface area contributed by atoms with E-state index in [9.17, 15) is 4.79 Å². The van der Waals surface area contributed by atoms with Gasteiger partial charge in [0.05, 0.1) is 7.11 Å². The number of methoxy groups -OCH3 is 1. The maximum absolute atomic E-state index is 10.8. The molecule has 2 heteroatoms. The minimum atomic E-state index is -0.214. The van der Waals surface area contributed by atoms with Gasteiger partial charge < -0.3 is 4.74 Å². The summed E-state index contributed by atoms with van der Waals surface area (Å²) < 4.78 is 4.55. The molecule has 0 N–H and O–H groups in total. The molecule has 2 nitrogen and oxygen atoms in total. The fraction of sp³-hybridized carbons (Fsp3) is 0.667. The van der Waals surface area contributed by atoms with Gasteiger partial charge in [-0.1, -0.05) is 12.5 Å². The molecule has 0 radical (unpaired) electrons. The van der Waals surface area contributed by atoms with Gasteiger partial charge in [-0.3, -0.25) is 0 Å². The summed E-state index contributed by atoms with van der Waals surface area (Å²) >= 11 is 0. The molecule has 1 aliphatic rings. The zero-order chi connectivity index (χ0) is 8.27. The van der Waals surface area contributed by atoms with E-state index in [0.29, 0.717) is 5.92 Å². The number of carbonyl (C=O) groups is 1. The number of carbonyl (C=O) groups excluding carboxylic acids is 1. The summed E-state index contributed by atoms with van der Waals surface area (Å²) in [5.74, 6) is 0.364. The molecule has 0 aromatic rings. The van der Waals surface area contributed by atoms with Gasteiger partial charge in [-0.15, -0.1) is 0 Å². The SMILES string of the molecule is COC(=O)/C=C1\CCCC1C. The predicted molar refractivity (Wildman–Crippen MR) is 43.1 cm³/mol. The third-order valence-corrected chi connectivity index (χ3v) is 2.24. The fourth-order valence-electron chi connectivity index (χ4n) is 1.47. The van der Waals surface area contributed by atoms with Crippen molar-refractivity contribution in [1.82, 2.24) is 0 Å². The topological polar surface area (TPSA) is 26.3 Å². The zero-order valence-corrected chi connectivity index (χ0v) is 7.09. The Hall–Kier alpha value is -0.790. The standard InChI is InChI=1S/C9H14O2/c1-7-4-3-5-8(7)6-9(10)11-2/h6-7H,3-5H2,1-2H3/b8-6+. The summed E-state index contributed by atoms with van der Waals surface area (Å²) in [7, 11) is 1.42. The molecule has 1 aliphatic carbocycles. The van der Waals surface area contributed by atoms with E-state index in [-0.39, 0.29) is 5.97 Å². The zero-order valence-electron chi connectivity index (χ0n) is 7.09. The highest BCUT2D eigenvalue weighted by atomic mass is 16.5. The van der Waals surface area contributed by atoms with Crippen molar-refractivity contribution in [1.29, 1.82) is 0 Å². The lowest BCUT2D eigenvalue weighted by molar-refractivity contribution is -0.134. The van der Waals surface area contributed by atoms with E-state index in [1.54, 1.807) is 6.08 Å². The van der Waals surface area contributed by atoms with Gasteiger partial charge in [-0.25, -0.2) is 4.79 Å². The highest BCUT2D eigenvalue weighted by Crippen LogP contribution is 2.29. The Labute approximate surface area is 67.2 Å². The molecule has 0 amide bonds. The first kappa shape index (κ1) is 8.31.